The van der Waals surface area contributed by atoms with Crippen LogP contribution in [0.4, 0.5) is 15.8 Å². The van der Waals surface area contributed by atoms with Gasteiger partial charge in [-0.1, -0.05) is 11.8 Å². The lowest BCUT2D eigenvalue weighted by atomic mass is 10.1. The highest BCUT2D eigenvalue weighted by atomic mass is 32.2. The molecule has 1 amide bonds. The van der Waals surface area contributed by atoms with Crippen LogP contribution in [0.1, 0.15) is 38.1 Å². The van der Waals surface area contributed by atoms with Gasteiger partial charge in [-0.05, 0) is 88.8 Å². The van der Waals surface area contributed by atoms with Crippen LogP contribution in [0.25, 0.3) is 5.69 Å². The predicted molar refractivity (Wildman–Crippen MR) is 135 cm³/mol. The Labute approximate surface area is 204 Å². The van der Waals surface area contributed by atoms with Crippen molar-refractivity contribution in [3.05, 3.63) is 60.2 Å². The Balaban J connectivity index is 1.43. The zero-order valence-corrected chi connectivity index (χ0v) is 20.7. The van der Waals surface area contributed by atoms with E-state index in [-0.39, 0.29) is 23.5 Å². The van der Waals surface area contributed by atoms with Crippen LogP contribution in [0, 0.1) is 5.82 Å². The van der Waals surface area contributed by atoms with Crippen molar-refractivity contribution < 1.29 is 9.18 Å². The number of halogens is 1. The second-order valence-electron chi connectivity index (χ2n) is 8.72. The molecule has 0 bridgehead atoms. The van der Waals surface area contributed by atoms with Crippen LogP contribution < -0.4 is 10.2 Å². The summed E-state index contributed by atoms with van der Waals surface area (Å²) in [6.45, 7) is 4.20. The summed E-state index contributed by atoms with van der Waals surface area (Å²) in [6.07, 6.45) is 3.76. The molecular formula is C25H31FN6OS. The van der Waals surface area contributed by atoms with Gasteiger partial charge in [0.05, 0.1) is 11.8 Å². The molecule has 1 fully saturated rings. The quantitative estimate of drug-likeness (QED) is 0.468. The number of rotatable bonds is 8. The van der Waals surface area contributed by atoms with Crippen molar-refractivity contribution in [3.63, 3.8) is 0 Å². The van der Waals surface area contributed by atoms with Crippen molar-refractivity contribution >= 4 is 29.0 Å². The molecule has 34 heavy (non-hydrogen) atoms. The Kier molecular flexibility index (Phi) is 7.84. The van der Waals surface area contributed by atoms with Gasteiger partial charge in [-0.3, -0.25) is 14.3 Å². The minimum Gasteiger partial charge on any atom is -0.372 e. The highest BCUT2D eigenvalue weighted by molar-refractivity contribution is 7.99. The zero-order chi connectivity index (χ0) is 24.1. The molecule has 0 radical (unpaired) electrons. The van der Waals surface area contributed by atoms with Gasteiger partial charge >= 0.3 is 0 Å². The summed E-state index contributed by atoms with van der Waals surface area (Å²) < 4.78 is 15.4. The summed E-state index contributed by atoms with van der Waals surface area (Å²) >= 11 is 1.31. The highest BCUT2D eigenvalue weighted by Crippen LogP contribution is 2.27. The number of hydrogen-bond acceptors (Lipinski definition) is 6. The van der Waals surface area contributed by atoms with Crippen LogP contribution in [0.3, 0.4) is 0 Å². The molecule has 3 aromatic rings. The van der Waals surface area contributed by atoms with Crippen molar-refractivity contribution in [2.75, 3.05) is 43.2 Å². The van der Waals surface area contributed by atoms with Crippen molar-refractivity contribution in [2.24, 2.45) is 0 Å². The molecule has 0 saturated carbocycles. The van der Waals surface area contributed by atoms with Gasteiger partial charge < -0.3 is 10.2 Å². The maximum atomic E-state index is 13.5. The molecule has 1 saturated heterocycles. The molecule has 9 heteroatoms. The average molecular weight is 483 g/mol. The molecule has 4 rings (SSSR count). The number of carbonyl (C=O) groups excluding carboxylic acids is 1. The summed E-state index contributed by atoms with van der Waals surface area (Å²) in [4.78, 5) is 17.1. The number of nitrogens with zero attached hydrogens (tertiary/aromatic N) is 5. The van der Waals surface area contributed by atoms with E-state index < -0.39 is 0 Å². The number of amides is 1. The van der Waals surface area contributed by atoms with E-state index in [0.29, 0.717) is 5.16 Å². The largest absolute Gasteiger partial charge is 0.372 e. The molecule has 2 aromatic carbocycles. The monoisotopic (exact) mass is 482 g/mol. The van der Waals surface area contributed by atoms with Gasteiger partial charge in [0.25, 0.3) is 0 Å². The molecular weight excluding hydrogens is 451 g/mol. The van der Waals surface area contributed by atoms with E-state index in [9.17, 15) is 9.18 Å². The molecule has 1 aliphatic heterocycles. The molecule has 1 aliphatic rings. The fraction of sp³-hybridized carbons (Fsp3) is 0.400. The maximum Gasteiger partial charge on any atom is 0.234 e. The number of carbonyl (C=O) groups is 1. The number of thioether (sulfide) groups is 1. The third kappa shape index (κ3) is 5.77. The van der Waals surface area contributed by atoms with Gasteiger partial charge in [-0.2, -0.15) is 0 Å². The Morgan fingerprint density at radius 1 is 1.03 bits per heavy atom. The SMILES string of the molecule is C[C@@H](c1nnc(SCC(=O)Nc2ccc(N3CCCCC3)cc2)n1-c1ccc(F)cc1)N(C)C. The Hall–Kier alpha value is -2.91. The van der Waals surface area contributed by atoms with E-state index in [1.807, 2.05) is 42.6 Å². The van der Waals surface area contributed by atoms with Crippen molar-refractivity contribution in [1.29, 1.82) is 0 Å². The molecule has 0 unspecified atom stereocenters. The average Bonchev–Trinajstić information content (AvgIpc) is 3.27. The normalized spacial score (nSPS) is 14.9. The van der Waals surface area contributed by atoms with Crippen LogP contribution in [0.5, 0.6) is 0 Å². The van der Waals surface area contributed by atoms with Crippen LogP contribution in [0.2, 0.25) is 0 Å². The number of nitrogens with one attached hydrogen (secondary N) is 1. The zero-order valence-electron chi connectivity index (χ0n) is 19.9. The lowest BCUT2D eigenvalue weighted by Crippen LogP contribution is -2.29. The van der Waals surface area contributed by atoms with Gasteiger partial charge in [0.2, 0.25) is 5.91 Å². The van der Waals surface area contributed by atoms with E-state index >= 15 is 0 Å². The second-order valence-corrected chi connectivity index (χ2v) is 9.67. The van der Waals surface area contributed by atoms with Gasteiger partial charge in [-0.25, -0.2) is 4.39 Å². The first kappa shape index (κ1) is 24.2. The lowest BCUT2D eigenvalue weighted by molar-refractivity contribution is -0.113. The fourth-order valence-electron chi connectivity index (χ4n) is 3.94. The Morgan fingerprint density at radius 2 is 1.68 bits per heavy atom. The van der Waals surface area contributed by atoms with Gasteiger partial charge in [0, 0.05) is 30.2 Å². The summed E-state index contributed by atoms with van der Waals surface area (Å²) in [5.74, 6) is 0.488. The number of piperidine rings is 1. The molecule has 0 aliphatic carbocycles. The summed E-state index contributed by atoms with van der Waals surface area (Å²) in [5, 5.41) is 12.3. The predicted octanol–water partition coefficient (Wildman–Crippen LogP) is 4.75. The fourth-order valence-corrected chi connectivity index (χ4v) is 4.70. The van der Waals surface area contributed by atoms with E-state index in [4.69, 9.17) is 0 Å². The first-order valence-corrected chi connectivity index (χ1v) is 12.6. The first-order valence-electron chi connectivity index (χ1n) is 11.6. The molecule has 2 heterocycles. The van der Waals surface area contributed by atoms with Crippen LogP contribution in [0.15, 0.2) is 53.7 Å². The van der Waals surface area contributed by atoms with Crippen molar-refractivity contribution in [3.8, 4) is 5.69 Å². The Bertz CT molecular complexity index is 1090. The molecule has 1 N–H and O–H groups in total. The molecule has 1 aromatic heterocycles. The van der Waals surface area contributed by atoms with Crippen molar-refractivity contribution in [1.82, 2.24) is 19.7 Å². The van der Waals surface area contributed by atoms with E-state index in [2.05, 4.69) is 32.5 Å². The Morgan fingerprint density at radius 3 is 2.32 bits per heavy atom. The molecule has 7 nitrogen and oxygen atoms in total. The van der Waals surface area contributed by atoms with Crippen LogP contribution in [-0.4, -0.2) is 58.5 Å². The number of hydrogen-bond donors (Lipinski definition) is 1. The van der Waals surface area contributed by atoms with Crippen LogP contribution in [-0.2, 0) is 4.79 Å². The minimum absolute atomic E-state index is 0.0147. The summed E-state index contributed by atoms with van der Waals surface area (Å²) in [6, 6.07) is 14.2. The molecule has 0 spiro atoms. The highest BCUT2D eigenvalue weighted by Gasteiger charge is 2.21. The van der Waals surface area contributed by atoms with E-state index in [0.717, 1.165) is 30.3 Å². The van der Waals surface area contributed by atoms with Gasteiger partial charge in [0.1, 0.15) is 5.82 Å². The number of anilines is 2. The van der Waals surface area contributed by atoms with E-state index in [1.54, 1.807) is 12.1 Å². The summed E-state index contributed by atoms with van der Waals surface area (Å²) in [7, 11) is 3.93. The topological polar surface area (TPSA) is 66.3 Å². The van der Waals surface area contributed by atoms with Gasteiger partial charge in [-0.15, -0.1) is 10.2 Å². The second kappa shape index (κ2) is 11.0. The summed E-state index contributed by atoms with van der Waals surface area (Å²) in [5.41, 5.74) is 2.72. The third-order valence-corrected chi connectivity index (χ3v) is 7.03. The lowest BCUT2D eigenvalue weighted by Gasteiger charge is -2.28. The van der Waals surface area contributed by atoms with Crippen molar-refractivity contribution in [2.45, 2.75) is 37.4 Å². The molecule has 1 atom stereocenters. The number of benzene rings is 2. The number of aromatic nitrogens is 3. The third-order valence-electron chi connectivity index (χ3n) is 6.10. The first-order chi connectivity index (χ1) is 16.4. The molecule has 180 valence electrons. The standard InChI is InChI=1S/C25H31FN6OS/c1-18(30(2)3)24-28-29-25(32(24)22-11-7-19(26)8-12-22)34-17-23(33)27-20-9-13-21(14-10-20)31-15-5-4-6-16-31/h7-14,18H,4-6,15-17H2,1-3H3,(H,27,33)/t18-/m0/s1. The van der Waals surface area contributed by atoms with E-state index in [1.165, 1.54) is 48.8 Å². The maximum absolute atomic E-state index is 13.5. The smallest absolute Gasteiger partial charge is 0.234 e. The van der Waals surface area contributed by atoms with Gasteiger partial charge in [0.15, 0.2) is 11.0 Å². The minimum atomic E-state index is -0.307. The van der Waals surface area contributed by atoms with Crippen LogP contribution >= 0.6 is 11.8 Å².